The Hall–Kier alpha value is -2.59. The number of ether oxygens (including phenoxy) is 1. The normalized spacial score (nSPS) is 16.8. The molecule has 0 saturated carbocycles. The van der Waals surface area contributed by atoms with Crippen LogP contribution >= 0.6 is 11.6 Å². The lowest BCUT2D eigenvalue weighted by Gasteiger charge is -2.17. The summed E-state index contributed by atoms with van der Waals surface area (Å²) < 4.78 is 6.01. The number of hydrogen-bond acceptors (Lipinski definition) is 3. The van der Waals surface area contributed by atoms with Crippen molar-refractivity contribution in [1.82, 2.24) is 9.88 Å². The molecule has 5 heteroatoms. The van der Waals surface area contributed by atoms with Crippen molar-refractivity contribution < 1.29 is 9.53 Å². The van der Waals surface area contributed by atoms with Crippen LogP contribution in [0.1, 0.15) is 12.0 Å². The van der Waals surface area contributed by atoms with Gasteiger partial charge < -0.3 is 9.64 Å². The average Bonchev–Trinajstić information content (AvgIpc) is 3.12. The molecular formula is C21H19ClN2O2. The molecule has 1 saturated heterocycles. The van der Waals surface area contributed by atoms with E-state index in [1.165, 1.54) is 0 Å². The molecule has 1 aliphatic rings. The standard InChI is InChI=1S/C21H19ClN2O2/c22-17-8-5-15(6-9-17)13-21(25)24-12-11-18(14-24)26-20-10-7-16-3-1-2-4-19(16)23-20/h1-10,18H,11-14H2. The van der Waals surface area contributed by atoms with Gasteiger partial charge in [-0.15, -0.1) is 0 Å². The fraction of sp³-hybridized carbons (Fsp3) is 0.238. The summed E-state index contributed by atoms with van der Waals surface area (Å²) in [5.74, 6) is 0.727. The third-order valence-corrected chi connectivity index (χ3v) is 4.88. The molecule has 132 valence electrons. The summed E-state index contributed by atoms with van der Waals surface area (Å²) >= 11 is 5.89. The van der Waals surface area contributed by atoms with E-state index >= 15 is 0 Å². The number of halogens is 1. The topological polar surface area (TPSA) is 42.4 Å². The van der Waals surface area contributed by atoms with Crippen LogP contribution in [0.2, 0.25) is 5.02 Å². The van der Waals surface area contributed by atoms with Gasteiger partial charge in [-0.1, -0.05) is 41.9 Å². The van der Waals surface area contributed by atoms with Crippen LogP contribution in [0.15, 0.2) is 60.7 Å². The fourth-order valence-electron chi connectivity index (χ4n) is 3.22. The zero-order valence-electron chi connectivity index (χ0n) is 14.3. The van der Waals surface area contributed by atoms with Gasteiger partial charge in [-0.3, -0.25) is 4.79 Å². The van der Waals surface area contributed by atoms with Crippen molar-refractivity contribution in [3.05, 3.63) is 71.2 Å². The first-order valence-electron chi connectivity index (χ1n) is 8.72. The van der Waals surface area contributed by atoms with Crippen molar-refractivity contribution in [2.75, 3.05) is 13.1 Å². The highest BCUT2D eigenvalue weighted by Crippen LogP contribution is 2.21. The number of carbonyl (C=O) groups is 1. The van der Waals surface area contributed by atoms with Crippen LogP contribution in [0, 0.1) is 0 Å². The summed E-state index contributed by atoms with van der Waals surface area (Å²) in [5.41, 5.74) is 1.89. The van der Waals surface area contributed by atoms with E-state index in [-0.39, 0.29) is 12.0 Å². The van der Waals surface area contributed by atoms with Crippen LogP contribution < -0.4 is 4.74 Å². The van der Waals surface area contributed by atoms with Crippen molar-refractivity contribution in [3.63, 3.8) is 0 Å². The number of nitrogens with zero attached hydrogens (tertiary/aromatic N) is 2. The Balaban J connectivity index is 1.36. The van der Waals surface area contributed by atoms with Crippen molar-refractivity contribution in [3.8, 4) is 5.88 Å². The van der Waals surface area contributed by atoms with E-state index in [1.807, 2.05) is 65.6 Å². The smallest absolute Gasteiger partial charge is 0.227 e. The SMILES string of the molecule is O=C(Cc1ccc(Cl)cc1)N1CCC(Oc2ccc3ccccc3n2)C1. The van der Waals surface area contributed by atoms with Gasteiger partial charge in [-0.05, 0) is 29.8 Å². The van der Waals surface area contributed by atoms with Crippen molar-refractivity contribution in [2.45, 2.75) is 18.9 Å². The number of hydrogen-bond donors (Lipinski definition) is 0. The summed E-state index contributed by atoms with van der Waals surface area (Å²) in [4.78, 5) is 18.9. The molecule has 2 heterocycles. The first-order valence-corrected chi connectivity index (χ1v) is 9.10. The first kappa shape index (κ1) is 16.9. The minimum atomic E-state index is -0.0159. The van der Waals surface area contributed by atoms with E-state index < -0.39 is 0 Å². The number of para-hydroxylation sites is 1. The van der Waals surface area contributed by atoms with Crippen LogP contribution in [0.5, 0.6) is 5.88 Å². The average molecular weight is 367 g/mol. The predicted molar refractivity (Wildman–Crippen MR) is 103 cm³/mol. The molecule has 1 aliphatic heterocycles. The van der Waals surface area contributed by atoms with Crippen LogP contribution in [0.4, 0.5) is 0 Å². The molecule has 3 aromatic rings. The highest BCUT2D eigenvalue weighted by Gasteiger charge is 2.27. The maximum atomic E-state index is 12.5. The van der Waals surface area contributed by atoms with Gasteiger partial charge in [0.15, 0.2) is 0 Å². The monoisotopic (exact) mass is 366 g/mol. The van der Waals surface area contributed by atoms with Gasteiger partial charge in [0.1, 0.15) is 6.10 Å². The van der Waals surface area contributed by atoms with E-state index in [0.717, 1.165) is 22.9 Å². The van der Waals surface area contributed by atoms with E-state index in [9.17, 15) is 4.79 Å². The van der Waals surface area contributed by atoms with E-state index in [1.54, 1.807) is 0 Å². The molecule has 1 fully saturated rings. The maximum Gasteiger partial charge on any atom is 0.227 e. The van der Waals surface area contributed by atoms with Gasteiger partial charge in [-0.2, -0.15) is 0 Å². The third kappa shape index (κ3) is 3.81. The predicted octanol–water partition coefficient (Wildman–Crippen LogP) is 4.11. The van der Waals surface area contributed by atoms with Gasteiger partial charge >= 0.3 is 0 Å². The number of fused-ring (bicyclic) bond motifs is 1. The number of benzene rings is 2. The fourth-order valence-corrected chi connectivity index (χ4v) is 3.35. The molecule has 2 aromatic carbocycles. The summed E-state index contributed by atoms with van der Waals surface area (Å²) in [7, 11) is 0. The Labute approximate surface area is 157 Å². The Morgan fingerprint density at radius 2 is 1.92 bits per heavy atom. The maximum absolute atomic E-state index is 12.5. The van der Waals surface area contributed by atoms with Gasteiger partial charge in [0.25, 0.3) is 0 Å². The molecular weight excluding hydrogens is 348 g/mol. The lowest BCUT2D eigenvalue weighted by molar-refractivity contribution is -0.129. The Kier molecular flexibility index (Phi) is 4.76. The molecule has 4 nitrogen and oxygen atoms in total. The van der Waals surface area contributed by atoms with Gasteiger partial charge in [-0.25, -0.2) is 4.98 Å². The van der Waals surface area contributed by atoms with Crippen LogP contribution in [0.25, 0.3) is 10.9 Å². The van der Waals surface area contributed by atoms with Crippen molar-refractivity contribution in [2.24, 2.45) is 0 Å². The first-order chi connectivity index (χ1) is 12.7. The zero-order chi connectivity index (χ0) is 17.9. The molecule has 1 aromatic heterocycles. The number of rotatable bonds is 4. The zero-order valence-corrected chi connectivity index (χ0v) is 15.0. The largest absolute Gasteiger partial charge is 0.472 e. The number of aromatic nitrogens is 1. The Morgan fingerprint density at radius 3 is 2.77 bits per heavy atom. The lowest BCUT2D eigenvalue weighted by atomic mass is 10.1. The van der Waals surface area contributed by atoms with E-state index in [2.05, 4.69) is 4.98 Å². The van der Waals surface area contributed by atoms with Gasteiger partial charge in [0, 0.05) is 29.4 Å². The second kappa shape index (κ2) is 7.34. The van der Waals surface area contributed by atoms with E-state index in [0.29, 0.717) is 30.4 Å². The number of pyridine rings is 1. The molecule has 1 unspecified atom stereocenters. The molecule has 0 radical (unpaired) electrons. The Bertz CT molecular complexity index is 927. The number of carbonyl (C=O) groups excluding carboxylic acids is 1. The summed E-state index contributed by atoms with van der Waals surface area (Å²) in [6, 6.07) is 19.3. The number of likely N-dealkylation sites (tertiary alicyclic amines) is 1. The van der Waals surface area contributed by atoms with Crippen LogP contribution in [-0.4, -0.2) is 35.0 Å². The minimum Gasteiger partial charge on any atom is -0.472 e. The molecule has 0 spiro atoms. The van der Waals surface area contributed by atoms with Gasteiger partial charge in [0.05, 0.1) is 18.5 Å². The van der Waals surface area contributed by atoms with Crippen molar-refractivity contribution >= 4 is 28.4 Å². The third-order valence-electron chi connectivity index (χ3n) is 4.63. The summed E-state index contributed by atoms with van der Waals surface area (Å²) in [5, 5.41) is 1.77. The molecule has 1 amide bonds. The highest BCUT2D eigenvalue weighted by atomic mass is 35.5. The quantitative estimate of drug-likeness (QED) is 0.697. The van der Waals surface area contributed by atoms with E-state index in [4.69, 9.17) is 16.3 Å². The second-order valence-corrected chi connectivity index (χ2v) is 6.95. The second-order valence-electron chi connectivity index (χ2n) is 6.51. The van der Waals surface area contributed by atoms with Gasteiger partial charge in [0.2, 0.25) is 11.8 Å². The molecule has 0 aliphatic carbocycles. The Morgan fingerprint density at radius 1 is 1.12 bits per heavy atom. The molecule has 1 atom stereocenters. The summed E-state index contributed by atoms with van der Waals surface area (Å²) in [6.07, 6.45) is 1.19. The lowest BCUT2D eigenvalue weighted by Crippen LogP contribution is -2.32. The molecule has 26 heavy (non-hydrogen) atoms. The van der Waals surface area contributed by atoms with Crippen molar-refractivity contribution in [1.29, 1.82) is 0 Å². The summed E-state index contributed by atoms with van der Waals surface area (Å²) in [6.45, 7) is 1.31. The highest BCUT2D eigenvalue weighted by molar-refractivity contribution is 6.30. The minimum absolute atomic E-state index is 0.0159. The van der Waals surface area contributed by atoms with Crippen LogP contribution in [-0.2, 0) is 11.2 Å². The molecule has 0 bridgehead atoms. The number of amides is 1. The molecule has 0 N–H and O–H groups in total. The van der Waals surface area contributed by atoms with Crippen LogP contribution in [0.3, 0.4) is 0 Å². The molecule has 4 rings (SSSR count).